The maximum Gasteiger partial charge on any atom is 0.224 e. The van der Waals surface area contributed by atoms with E-state index in [1.165, 1.54) is 12.1 Å². The van der Waals surface area contributed by atoms with Crippen molar-refractivity contribution in [1.29, 1.82) is 0 Å². The summed E-state index contributed by atoms with van der Waals surface area (Å²) in [4.78, 5) is 15.9. The third kappa shape index (κ3) is 2.83. The molecule has 4 atom stereocenters. The summed E-state index contributed by atoms with van der Waals surface area (Å²) in [5.74, 6) is 0.261. The molecule has 0 unspecified atom stereocenters. The molecular formula is C19H23FN2O3. The van der Waals surface area contributed by atoms with E-state index in [1.807, 2.05) is 6.92 Å². The quantitative estimate of drug-likeness (QED) is 0.873. The number of methoxy groups -OCH3 is 1. The number of rotatable bonds is 5. The first-order chi connectivity index (χ1) is 12.1. The first-order valence-corrected chi connectivity index (χ1v) is 8.75. The zero-order valence-electron chi connectivity index (χ0n) is 14.5. The Morgan fingerprint density at radius 2 is 2.32 bits per heavy atom. The smallest absolute Gasteiger partial charge is 0.224 e. The summed E-state index contributed by atoms with van der Waals surface area (Å²) in [7, 11) is 1.67. The number of carbonyl (C=O) groups excluding carboxylic acids is 1. The van der Waals surface area contributed by atoms with Gasteiger partial charge in [-0.2, -0.15) is 0 Å². The van der Waals surface area contributed by atoms with Crippen molar-refractivity contribution in [2.24, 2.45) is 11.8 Å². The highest BCUT2D eigenvalue weighted by molar-refractivity contribution is 5.90. The van der Waals surface area contributed by atoms with E-state index in [-0.39, 0.29) is 36.2 Å². The van der Waals surface area contributed by atoms with Crippen molar-refractivity contribution < 1.29 is 18.7 Å². The summed E-state index contributed by atoms with van der Waals surface area (Å²) in [5.41, 5.74) is 2.61. The zero-order valence-corrected chi connectivity index (χ0v) is 14.5. The number of benzene rings is 1. The van der Waals surface area contributed by atoms with E-state index in [9.17, 15) is 9.18 Å². The Hall–Kier alpha value is -1.92. The predicted octanol–water partition coefficient (Wildman–Crippen LogP) is 2.32. The summed E-state index contributed by atoms with van der Waals surface area (Å²) < 4.78 is 24.6. The van der Waals surface area contributed by atoms with Gasteiger partial charge in [0.25, 0.3) is 0 Å². The van der Waals surface area contributed by atoms with Crippen molar-refractivity contribution in [3.8, 4) is 0 Å². The number of halogens is 1. The van der Waals surface area contributed by atoms with Crippen LogP contribution in [0.25, 0.3) is 10.9 Å². The summed E-state index contributed by atoms with van der Waals surface area (Å²) in [5, 5.41) is 3.94. The fourth-order valence-electron chi connectivity index (χ4n) is 4.41. The molecule has 2 aromatic rings. The Morgan fingerprint density at radius 3 is 3.12 bits per heavy atom. The zero-order chi connectivity index (χ0) is 17.6. The molecule has 2 fully saturated rings. The SMILES string of the molecule is COC[C@@H]1[C@@H](NC(=O)Cc2c(C)[nH]c3ccc(F)cc23)[C@@H]2CCO[C@H]12. The van der Waals surface area contributed by atoms with Crippen molar-refractivity contribution in [3.63, 3.8) is 0 Å². The molecule has 1 aliphatic carbocycles. The minimum Gasteiger partial charge on any atom is -0.384 e. The molecule has 6 heteroatoms. The predicted molar refractivity (Wildman–Crippen MR) is 91.8 cm³/mol. The number of aryl methyl sites for hydroxylation is 1. The molecule has 1 aromatic heterocycles. The monoisotopic (exact) mass is 346 g/mol. The lowest BCUT2D eigenvalue weighted by Crippen LogP contribution is -2.62. The molecule has 1 aromatic carbocycles. The fraction of sp³-hybridized carbons (Fsp3) is 0.526. The number of hydrogen-bond donors (Lipinski definition) is 2. The van der Waals surface area contributed by atoms with Crippen molar-refractivity contribution in [3.05, 3.63) is 35.3 Å². The lowest BCUT2D eigenvalue weighted by atomic mass is 9.67. The number of H-pyrrole nitrogens is 1. The second kappa shape index (κ2) is 6.42. The number of aromatic nitrogens is 1. The third-order valence-electron chi connectivity index (χ3n) is 5.63. The molecule has 2 N–H and O–H groups in total. The van der Waals surface area contributed by atoms with E-state index in [1.54, 1.807) is 13.2 Å². The molecule has 4 rings (SSSR count). The third-order valence-corrected chi connectivity index (χ3v) is 5.63. The Kier molecular flexibility index (Phi) is 4.25. The topological polar surface area (TPSA) is 63.3 Å². The van der Waals surface area contributed by atoms with E-state index in [2.05, 4.69) is 10.3 Å². The number of nitrogens with one attached hydrogen (secondary N) is 2. The largest absolute Gasteiger partial charge is 0.384 e. The van der Waals surface area contributed by atoms with Gasteiger partial charge in [-0.25, -0.2) is 4.39 Å². The van der Waals surface area contributed by atoms with Gasteiger partial charge in [0.1, 0.15) is 5.82 Å². The fourth-order valence-corrected chi connectivity index (χ4v) is 4.41. The lowest BCUT2D eigenvalue weighted by Gasteiger charge is -2.47. The summed E-state index contributed by atoms with van der Waals surface area (Å²) in [6.07, 6.45) is 1.42. The molecule has 25 heavy (non-hydrogen) atoms. The molecule has 134 valence electrons. The van der Waals surface area contributed by atoms with Crippen molar-refractivity contribution in [2.45, 2.75) is 31.9 Å². The van der Waals surface area contributed by atoms with Gasteiger partial charge in [0.15, 0.2) is 0 Å². The van der Waals surface area contributed by atoms with Crippen molar-refractivity contribution in [1.82, 2.24) is 10.3 Å². The molecule has 2 heterocycles. The van der Waals surface area contributed by atoms with E-state index < -0.39 is 0 Å². The Balaban J connectivity index is 1.49. The molecule has 2 aliphatic rings. The molecule has 0 radical (unpaired) electrons. The minimum absolute atomic E-state index is 0.0373. The molecule has 1 amide bonds. The van der Waals surface area contributed by atoms with Crippen LogP contribution in [0, 0.1) is 24.6 Å². The first kappa shape index (κ1) is 16.5. The Bertz CT molecular complexity index is 803. The first-order valence-electron chi connectivity index (χ1n) is 8.75. The van der Waals surface area contributed by atoms with E-state index in [4.69, 9.17) is 9.47 Å². The second-order valence-corrected chi connectivity index (χ2v) is 7.10. The minimum atomic E-state index is -0.293. The van der Waals surface area contributed by atoms with Gasteiger partial charge in [-0.1, -0.05) is 0 Å². The summed E-state index contributed by atoms with van der Waals surface area (Å²) >= 11 is 0. The number of amides is 1. The average Bonchev–Trinajstić information content (AvgIpc) is 3.13. The highest BCUT2D eigenvalue weighted by atomic mass is 19.1. The molecule has 0 spiro atoms. The van der Waals surface area contributed by atoms with Crippen LogP contribution in [0.2, 0.25) is 0 Å². The molecular weight excluding hydrogens is 323 g/mol. The Morgan fingerprint density at radius 1 is 1.48 bits per heavy atom. The van der Waals surface area contributed by atoms with E-state index in [0.29, 0.717) is 12.5 Å². The number of carbonyl (C=O) groups is 1. The van der Waals surface area contributed by atoms with Crippen LogP contribution in [0.15, 0.2) is 18.2 Å². The number of fused-ring (bicyclic) bond motifs is 2. The van der Waals surface area contributed by atoms with Gasteiger partial charge in [0, 0.05) is 48.2 Å². The summed E-state index contributed by atoms with van der Waals surface area (Å²) in [6.45, 7) is 3.25. The van der Waals surface area contributed by atoms with Crippen LogP contribution in [0.3, 0.4) is 0 Å². The van der Waals surface area contributed by atoms with E-state index in [0.717, 1.165) is 35.2 Å². The van der Waals surface area contributed by atoms with Crippen molar-refractivity contribution in [2.75, 3.05) is 20.3 Å². The highest BCUT2D eigenvalue weighted by Crippen LogP contribution is 2.43. The summed E-state index contributed by atoms with van der Waals surface area (Å²) in [6, 6.07) is 4.72. The van der Waals surface area contributed by atoms with Crippen LogP contribution in [0.5, 0.6) is 0 Å². The maximum absolute atomic E-state index is 13.6. The molecule has 5 nitrogen and oxygen atoms in total. The van der Waals surface area contributed by atoms with Gasteiger partial charge in [-0.3, -0.25) is 4.79 Å². The van der Waals surface area contributed by atoms with Gasteiger partial charge >= 0.3 is 0 Å². The van der Waals surface area contributed by atoms with Gasteiger partial charge in [0.2, 0.25) is 5.91 Å². The number of hydrogen-bond acceptors (Lipinski definition) is 3. The van der Waals surface area contributed by atoms with Crippen LogP contribution < -0.4 is 5.32 Å². The maximum atomic E-state index is 13.6. The molecule has 1 aliphatic heterocycles. The lowest BCUT2D eigenvalue weighted by molar-refractivity contribution is -0.129. The standard InChI is InChI=1S/C19H23FN2O3/c1-10-13(14-7-11(20)3-4-16(14)21-10)8-17(23)22-18-12-5-6-25-19(12)15(18)9-24-2/h3-4,7,12,15,18-19,21H,5-6,8-9H2,1-2H3,(H,22,23)/t12-,15+,18-,19-/m0/s1. The number of aromatic amines is 1. The molecule has 1 saturated heterocycles. The highest BCUT2D eigenvalue weighted by Gasteiger charge is 2.54. The Labute approximate surface area is 145 Å². The van der Waals surface area contributed by atoms with Gasteiger partial charge in [0.05, 0.1) is 19.1 Å². The second-order valence-electron chi connectivity index (χ2n) is 7.10. The van der Waals surface area contributed by atoms with Crippen LogP contribution in [0.1, 0.15) is 17.7 Å². The van der Waals surface area contributed by atoms with Crippen molar-refractivity contribution >= 4 is 16.8 Å². The van der Waals surface area contributed by atoms with Gasteiger partial charge in [-0.05, 0) is 37.1 Å². The van der Waals surface area contributed by atoms with Crippen LogP contribution in [0.4, 0.5) is 4.39 Å². The number of ether oxygens (including phenoxy) is 2. The van der Waals surface area contributed by atoms with Crippen LogP contribution in [-0.4, -0.2) is 43.4 Å². The normalized spacial score (nSPS) is 28.0. The van der Waals surface area contributed by atoms with Gasteiger partial charge < -0.3 is 19.8 Å². The van der Waals surface area contributed by atoms with E-state index >= 15 is 0 Å². The van der Waals surface area contributed by atoms with Gasteiger partial charge in [-0.15, -0.1) is 0 Å². The van der Waals surface area contributed by atoms with Crippen LogP contribution in [-0.2, 0) is 20.7 Å². The molecule has 0 bridgehead atoms. The average molecular weight is 346 g/mol. The van der Waals surface area contributed by atoms with Crippen LogP contribution >= 0.6 is 0 Å². The molecule has 1 saturated carbocycles.